The molecule has 1 aromatic heterocycles. The number of carbonyl (C=O) groups is 1. The summed E-state index contributed by atoms with van der Waals surface area (Å²) < 4.78 is 20.9. The Morgan fingerprint density at radius 3 is 2.88 bits per heavy atom. The molecule has 0 aliphatic carbocycles. The van der Waals surface area contributed by atoms with Crippen LogP contribution >= 0.6 is 0 Å². The van der Waals surface area contributed by atoms with E-state index in [0.29, 0.717) is 35.9 Å². The SMILES string of the molecule is COC(=O)c1cc(CNCCS(C)=O)oc1C. The van der Waals surface area contributed by atoms with Crippen molar-refractivity contribution in [1.82, 2.24) is 5.32 Å². The number of methoxy groups -OCH3 is 1. The molecule has 1 atom stereocenters. The van der Waals surface area contributed by atoms with E-state index in [4.69, 9.17) is 4.42 Å². The number of furan rings is 1. The first-order valence-electron chi connectivity index (χ1n) is 5.23. The fraction of sp³-hybridized carbons (Fsp3) is 0.545. The van der Waals surface area contributed by atoms with E-state index >= 15 is 0 Å². The van der Waals surface area contributed by atoms with Gasteiger partial charge in [0.2, 0.25) is 0 Å². The zero-order chi connectivity index (χ0) is 12.8. The summed E-state index contributed by atoms with van der Waals surface area (Å²) in [6.07, 6.45) is 1.66. The van der Waals surface area contributed by atoms with Gasteiger partial charge in [-0.15, -0.1) is 0 Å². The second kappa shape index (κ2) is 6.56. The Morgan fingerprint density at radius 1 is 1.59 bits per heavy atom. The summed E-state index contributed by atoms with van der Waals surface area (Å²) >= 11 is 0. The summed E-state index contributed by atoms with van der Waals surface area (Å²) in [4.78, 5) is 11.3. The Hall–Kier alpha value is -1.14. The molecule has 0 radical (unpaired) electrons. The third-order valence-electron chi connectivity index (χ3n) is 2.24. The van der Waals surface area contributed by atoms with E-state index in [1.54, 1.807) is 19.2 Å². The van der Waals surface area contributed by atoms with Crippen LogP contribution in [0.5, 0.6) is 0 Å². The molecule has 96 valence electrons. The Labute approximate surface area is 103 Å². The number of esters is 1. The summed E-state index contributed by atoms with van der Waals surface area (Å²) in [5.74, 6) is 1.42. The predicted octanol–water partition coefficient (Wildman–Crippen LogP) is 0.843. The molecule has 0 saturated heterocycles. The smallest absolute Gasteiger partial charge is 0.341 e. The van der Waals surface area contributed by atoms with Gasteiger partial charge in [0.05, 0.1) is 13.7 Å². The minimum Gasteiger partial charge on any atom is -0.465 e. The molecular formula is C11H17NO4S. The lowest BCUT2D eigenvalue weighted by molar-refractivity contribution is 0.0599. The van der Waals surface area contributed by atoms with Crippen LogP contribution in [0, 0.1) is 6.92 Å². The molecule has 0 amide bonds. The second-order valence-electron chi connectivity index (χ2n) is 3.63. The van der Waals surface area contributed by atoms with Crippen molar-refractivity contribution in [2.24, 2.45) is 0 Å². The molecule has 1 unspecified atom stereocenters. The highest BCUT2D eigenvalue weighted by atomic mass is 32.2. The molecule has 1 rings (SSSR count). The van der Waals surface area contributed by atoms with Crippen molar-refractivity contribution in [2.45, 2.75) is 13.5 Å². The maximum Gasteiger partial charge on any atom is 0.341 e. The Bertz CT molecular complexity index is 414. The molecule has 5 nitrogen and oxygen atoms in total. The number of aryl methyl sites for hydroxylation is 1. The van der Waals surface area contributed by atoms with Crippen molar-refractivity contribution < 1.29 is 18.2 Å². The Kier molecular flexibility index (Phi) is 5.37. The van der Waals surface area contributed by atoms with E-state index in [0.717, 1.165) is 0 Å². The molecule has 0 saturated carbocycles. The van der Waals surface area contributed by atoms with Crippen LogP contribution in [-0.2, 0) is 22.1 Å². The van der Waals surface area contributed by atoms with Gasteiger partial charge in [-0.1, -0.05) is 0 Å². The van der Waals surface area contributed by atoms with Gasteiger partial charge in [0.15, 0.2) is 0 Å². The van der Waals surface area contributed by atoms with Gasteiger partial charge in [-0.25, -0.2) is 4.79 Å². The van der Waals surface area contributed by atoms with Gasteiger partial charge in [0.25, 0.3) is 0 Å². The monoisotopic (exact) mass is 259 g/mol. The maximum atomic E-state index is 11.3. The van der Waals surface area contributed by atoms with Gasteiger partial charge in [0, 0.05) is 29.4 Å². The van der Waals surface area contributed by atoms with Crippen molar-refractivity contribution in [3.05, 3.63) is 23.2 Å². The van der Waals surface area contributed by atoms with Gasteiger partial charge in [0.1, 0.15) is 17.1 Å². The van der Waals surface area contributed by atoms with Crippen LogP contribution < -0.4 is 5.32 Å². The van der Waals surface area contributed by atoms with Crippen LogP contribution in [0.15, 0.2) is 10.5 Å². The summed E-state index contributed by atoms with van der Waals surface area (Å²) in [6, 6.07) is 1.66. The Morgan fingerprint density at radius 2 is 2.29 bits per heavy atom. The highest BCUT2D eigenvalue weighted by Gasteiger charge is 2.14. The molecule has 0 fully saturated rings. The first kappa shape index (κ1) is 13.9. The average molecular weight is 259 g/mol. The molecule has 1 aromatic rings. The zero-order valence-electron chi connectivity index (χ0n) is 10.2. The normalized spacial score (nSPS) is 12.4. The summed E-state index contributed by atoms with van der Waals surface area (Å²) in [6.45, 7) is 2.88. The number of nitrogens with one attached hydrogen (secondary N) is 1. The van der Waals surface area contributed by atoms with Crippen LogP contribution in [0.25, 0.3) is 0 Å². The van der Waals surface area contributed by atoms with Crippen molar-refractivity contribution in [1.29, 1.82) is 0 Å². The number of ether oxygens (including phenoxy) is 1. The van der Waals surface area contributed by atoms with Crippen LogP contribution in [-0.4, -0.2) is 35.8 Å². The van der Waals surface area contributed by atoms with E-state index < -0.39 is 16.8 Å². The standard InChI is InChI=1S/C11H17NO4S/c1-8-10(11(13)15-2)6-9(16-8)7-12-4-5-17(3)14/h6,12H,4-5,7H2,1-3H3. The summed E-state index contributed by atoms with van der Waals surface area (Å²) in [5.41, 5.74) is 0.448. The number of carbonyl (C=O) groups excluding carboxylic acids is 1. The van der Waals surface area contributed by atoms with Crippen molar-refractivity contribution in [2.75, 3.05) is 25.7 Å². The maximum absolute atomic E-state index is 11.3. The summed E-state index contributed by atoms with van der Waals surface area (Å²) in [5, 5.41) is 3.09. The van der Waals surface area contributed by atoms with Crippen molar-refractivity contribution >= 4 is 16.8 Å². The van der Waals surface area contributed by atoms with Gasteiger partial charge < -0.3 is 14.5 Å². The fourth-order valence-electron chi connectivity index (χ4n) is 1.37. The van der Waals surface area contributed by atoms with Crippen LogP contribution in [0.2, 0.25) is 0 Å². The van der Waals surface area contributed by atoms with Gasteiger partial charge >= 0.3 is 5.97 Å². The van der Waals surface area contributed by atoms with Gasteiger partial charge in [-0.05, 0) is 13.0 Å². The van der Waals surface area contributed by atoms with E-state index in [1.165, 1.54) is 7.11 Å². The lowest BCUT2D eigenvalue weighted by Crippen LogP contribution is -2.19. The van der Waals surface area contributed by atoms with Gasteiger partial charge in [-0.3, -0.25) is 4.21 Å². The largest absolute Gasteiger partial charge is 0.465 e. The Balaban J connectivity index is 2.50. The molecule has 17 heavy (non-hydrogen) atoms. The van der Waals surface area contributed by atoms with Gasteiger partial charge in [-0.2, -0.15) is 0 Å². The highest BCUT2D eigenvalue weighted by Crippen LogP contribution is 2.15. The lowest BCUT2D eigenvalue weighted by Gasteiger charge is -1.99. The molecule has 1 heterocycles. The molecule has 0 aromatic carbocycles. The number of rotatable bonds is 6. The third kappa shape index (κ3) is 4.32. The lowest BCUT2D eigenvalue weighted by atomic mass is 10.2. The van der Waals surface area contributed by atoms with Crippen molar-refractivity contribution in [3.63, 3.8) is 0 Å². The highest BCUT2D eigenvalue weighted by molar-refractivity contribution is 7.84. The molecule has 0 spiro atoms. The molecule has 1 N–H and O–H groups in total. The first-order valence-corrected chi connectivity index (χ1v) is 6.95. The van der Waals surface area contributed by atoms with E-state index in [9.17, 15) is 9.00 Å². The van der Waals surface area contributed by atoms with Crippen molar-refractivity contribution in [3.8, 4) is 0 Å². The number of hydrogen-bond acceptors (Lipinski definition) is 5. The fourth-order valence-corrected chi connectivity index (χ4v) is 1.80. The van der Waals surface area contributed by atoms with E-state index in [1.807, 2.05) is 0 Å². The zero-order valence-corrected chi connectivity index (χ0v) is 11.1. The second-order valence-corrected chi connectivity index (χ2v) is 5.18. The van der Waals surface area contributed by atoms with E-state index in [-0.39, 0.29) is 0 Å². The van der Waals surface area contributed by atoms with Crippen LogP contribution in [0.1, 0.15) is 21.9 Å². The minimum absolute atomic E-state index is 0.396. The third-order valence-corrected chi connectivity index (χ3v) is 3.02. The molecule has 6 heteroatoms. The first-order chi connectivity index (χ1) is 8.04. The molecule has 0 bridgehead atoms. The predicted molar refractivity (Wildman–Crippen MR) is 65.4 cm³/mol. The molecule has 0 aliphatic rings. The number of hydrogen-bond donors (Lipinski definition) is 1. The van der Waals surface area contributed by atoms with Crippen LogP contribution in [0.3, 0.4) is 0 Å². The summed E-state index contributed by atoms with van der Waals surface area (Å²) in [7, 11) is 0.538. The van der Waals surface area contributed by atoms with Crippen LogP contribution in [0.4, 0.5) is 0 Å². The molecular weight excluding hydrogens is 242 g/mol. The quantitative estimate of drug-likeness (QED) is 0.605. The average Bonchev–Trinajstić information content (AvgIpc) is 2.65. The minimum atomic E-state index is -0.799. The topological polar surface area (TPSA) is 68.5 Å². The molecule has 0 aliphatic heterocycles. The van der Waals surface area contributed by atoms with E-state index in [2.05, 4.69) is 10.1 Å².